The van der Waals surface area contributed by atoms with Gasteiger partial charge >= 0.3 is 5.97 Å². The molecule has 4 heteroatoms. The van der Waals surface area contributed by atoms with E-state index in [0.29, 0.717) is 6.04 Å². The van der Waals surface area contributed by atoms with E-state index in [2.05, 4.69) is 17.1 Å². The van der Waals surface area contributed by atoms with E-state index in [1.54, 1.807) is 0 Å². The van der Waals surface area contributed by atoms with Crippen LogP contribution in [0.15, 0.2) is 0 Å². The Bertz CT molecular complexity index is 317. The van der Waals surface area contributed by atoms with Gasteiger partial charge in [0.1, 0.15) is 5.54 Å². The van der Waals surface area contributed by atoms with Crippen molar-refractivity contribution in [3.63, 3.8) is 0 Å². The van der Waals surface area contributed by atoms with Gasteiger partial charge in [0.2, 0.25) is 0 Å². The van der Waals surface area contributed by atoms with Crippen LogP contribution in [0.3, 0.4) is 0 Å². The number of likely N-dealkylation sites (N-methyl/N-ethyl adjacent to an activating group) is 1. The lowest BCUT2D eigenvalue weighted by Gasteiger charge is -2.43. The van der Waals surface area contributed by atoms with Crippen molar-refractivity contribution in [1.29, 1.82) is 0 Å². The first kappa shape index (κ1) is 14.8. The SMILES string of the molecule is CCCN(C1CC1)C1CCCC(NC)(C(=O)OC)C1. The predicted molar refractivity (Wildman–Crippen MR) is 76.1 cm³/mol. The Morgan fingerprint density at radius 3 is 2.63 bits per heavy atom. The predicted octanol–water partition coefficient (Wildman–Crippen LogP) is 1.93. The Hall–Kier alpha value is -0.610. The smallest absolute Gasteiger partial charge is 0.326 e. The van der Waals surface area contributed by atoms with E-state index >= 15 is 0 Å². The maximum Gasteiger partial charge on any atom is 0.326 e. The normalized spacial score (nSPS) is 31.5. The molecule has 0 aromatic rings. The van der Waals surface area contributed by atoms with Crippen molar-refractivity contribution >= 4 is 5.97 Å². The monoisotopic (exact) mass is 268 g/mol. The maximum atomic E-state index is 12.1. The zero-order valence-corrected chi connectivity index (χ0v) is 12.6. The van der Waals surface area contributed by atoms with Crippen molar-refractivity contribution in [2.45, 2.75) is 69.5 Å². The lowest BCUT2D eigenvalue weighted by atomic mass is 9.78. The number of hydrogen-bond acceptors (Lipinski definition) is 4. The van der Waals surface area contributed by atoms with E-state index in [-0.39, 0.29) is 5.97 Å². The summed E-state index contributed by atoms with van der Waals surface area (Å²) in [7, 11) is 3.39. The molecular formula is C15H28N2O2. The van der Waals surface area contributed by atoms with Crippen LogP contribution in [-0.2, 0) is 9.53 Å². The van der Waals surface area contributed by atoms with Crippen LogP contribution in [-0.4, -0.2) is 49.2 Å². The first-order valence-corrected chi connectivity index (χ1v) is 7.70. The van der Waals surface area contributed by atoms with E-state index < -0.39 is 5.54 Å². The Labute approximate surface area is 116 Å². The summed E-state index contributed by atoms with van der Waals surface area (Å²) in [5.74, 6) is -0.0908. The molecule has 110 valence electrons. The number of rotatable bonds is 6. The summed E-state index contributed by atoms with van der Waals surface area (Å²) in [5.41, 5.74) is -0.460. The van der Waals surface area contributed by atoms with Crippen molar-refractivity contribution < 1.29 is 9.53 Å². The molecule has 0 radical (unpaired) electrons. The van der Waals surface area contributed by atoms with E-state index in [1.807, 2.05) is 7.05 Å². The minimum absolute atomic E-state index is 0.0908. The molecule has 0 amide bonds. The van der Waals surface area contributed by atoms with Crippen molar-refractivity contribution in [3.8, 4) is 0 Å². The molecule has 19 heavy (non-hydrogen) atoms. The standard InChI is InChI=1S/C15H28N2O2/c1-4-10-17(12-7-8-12)13-6-5-9-15(11-13,16-2)14(18)19-3/h12-13,16H,4-11H2,1-3H3. The number of carbonyl (C=O) groups excluding carboxylic acids is 1. The van der Waals surface area contributed by atoms with Gasteiger partial charge in [-0.05, 0) is 58.5 Å². The van der Waals surface area contributed by atoms with Crippen LogP contribution in [0.5, 0.6) is 0 Å². The van der Waals surface area contributed by atoms with E-state index in [4.69, 9.17) is 4.74 Å². The van der Waals surface area contributed by atoms with Crippen LogP contribution in [0.4, 0.5) is 0 Å². The highest BCUT2D eigenvalue weighted by Gasteiger charge is 2.45. The number of ether oxygens (including phenoxy) is 1. The average molecular weight is 268 g/mol. The maximum absolute atomic E-state index is 12.1. The molecule has 0 spiro atoms. The number of esters is 1. The molecule has 2 aliphatic carbocycles. The Morgan fingerprint density at radius 1 is 1.37 bits per heavy atom. The number of methoxy groups -OCH3 is 1. The molecule has 4 nitrogen and oxygen atoms in total. The molecular weight excluding hydrogens is 240 g/mol. The summed E-state index contributed by atoms with van der Waals surface area (Å²) < 4.78 is 5.03. The van der Waals surface area contributed by atoms with Crippen molar-refractivity contribution in [1.82, 2.24) is 10.2 Å². The quantitative estimate of drug-likeness (QED) is 0.748. The first-order chi connectivity index (χ1) is 9.16. The van der Waals surface area contributed by atoms with Crippen LogP contribution >= 0.6 is 0 Å². The third-order valence-electron chi connectivity index (χ3n) is 4.75. The highest BCUT2D eigenvalue weighted by atomic mass is 16.5. The molecule has 2 fully saturated rings. The molecule has 2 atom stereocenters. The summed E-state index contributed by atoms with van der Waals surface area (Å²) in [6.07, 6.45) is 7.98. The van der Waals surface area contributed by atoms with Crippen LogP contribution in [0.1, 0.15) is 51.9 Å². The molecule has 0 aromatic carbocycles. The lowest BCUT2D eigenvalue weighted by Crippen LogP contribution is -2.58. The molecule has 0 aliphatic heterocycles. The minimum atomic E-state index is -0.460. The minimum Gasteiger partial charge on any atom is -0.468 e. The summed E-state index contributed by atoms with van der Waals surface area (Å²) in [4.78, 5) is 14.8. The second-order valence-corrected chi connectivity index (χ2v) is 6.04. The topological polar surface area (TPSA) is 41.6 Å². The largest absolute Gasteiger partial charge is 0.468 e. The van der Waals surface area contributed by atoms with Gasteiger partial charge in [0, 0.05) is 12.1 Å². The van der Waals surface area contributed by atoms with Gasteiger partial charge in [-0.3, -0.25) is 9.69 Å². The highest BCUT2D eigenvalue weighted by molar-refractivity contribution is 5.81. The number of hydrogen-bond donors (Lipinski definition) is 1. The third kappa shape index (κ3) is 3.11. The first-order valence-electron chi connectivity index (χ1n) is 7.70. The molecule has 2 unspecified atom stereocenters. The van der Waals surface area contributed by atoms with Crippen LogP contribution in [0.2, 0.25) is 0 Å². The van der Waals surface area contributed by atoms with Crippen molar-refractivity contribution in [2.75, 3.05) is 20.7 Å². The second-order valence-electron chi connectivity index (χ2n) is 6.04. The fraction of sp³-hybridized carbons (Fsp3) is 0.933. The van der Waals surface area contributed by atoms with Gasteiger partial charge in [0.05, 0.1) is 7.11 Å². The summed E-state index contributed by atoms with van der Waals surface area (Å²) in [6.45, 7) is 3.40. The van der Waals surface area contributed by atoms with Gasteiger partial charge in [0.15, 0.2) is 0 Å². The van der Waals surface area contributed by atoms with Crippen LogP contribution in [0, 0.1) is 0 Å². The van der Waals surface area contributed by atoms with Crippen molar-refractivity contribution in [3.05, 3.63) is 0 Å². The van der Waals surface area contributed by atoms with Gasteiger partial charge in [-0.25, -0.2) is 0 Å². The zero-order valence-electron chi connectivity index (χ0n) is 12.6. The number of nitrogens with one attached hydrogen (secondary N) is 1. The molecule has 2 rings (SSSR count). The Balaban J connectivity index is 2.07. The van der Waals surface area contributed by atoms with Gasteiger partial charge in [0.25, 0.3) is 0 Å². The lowest BCUT2D eigenvalue weighted by molar-refractivity contribution is -0.151. The van der Waals surface area contributed by atoms with E-state index in [9.17, 15) is 4.79 Å². The van der Waals surface area contributed by atoms with Gasteiger partial charge < -0.3 is 10.1 Å². The summed E-state index contributed by atoms with van der Waals surface area (Å²) in [5, 5.41) is 3.25. The van der Waals surface area contributed by atoms with Crippen molar-refractivity contribution in [2.24, 2.45) is 0 Å². The number of nitrogens with zero attached hydrogens (tertiary/aromatic N) is 1. The fourth-order valence-corrected chi connectivity index (χ4v) is 3.57. The second kappa shape index (κ2) is 6.23. The number of carbonyl (C=O) groups is 1. The van der Waals surface area contributed by atoms with Gasteiger partial charge in [-0.1, -0.05) is 6.92 Å². The fourth-order valence-electron chi connectivity index (χ4n) is 3.57. The van der Waals surface area contributed by atoms with E-state index in [0.717, 1.165) is 31.8 Å². The van der Waals surface area contributed by atoms with Crippen LogP contribution < -0.4 is 5.32 Å². The molecule has 2 aliphatic rings. The van der Waals surface area contributed by atoms with Gasteiger partial charge in [-0.2, -0.15) is 0 Å². The molecule has 0 aromatic heterocycles. The van der Waals surface area contributed by atoms with E-state index in [1.165, 1.54) is 32.8 Å². The van der Waals surface area contributed by atoms with Crippen LogP contribution in [0.25, 0.3) is 0 Å². The molecule has 0 heterocycles. The Morgan fingerprint density at radius 2 is 2.11 bits per heavy atom. The molecule has 0 saturated heterocycles. The molecule has 2 saturated carbocycles. The molecule has 0 bridgehead atoms. The Kier molecular flexibility index (Phi) is 4.85. The summed E-state index contributed by atoms with van der Waals surface area (Å²) >= 11 is 0. The summed E-state index contributed by atoms with van der Waals surface area (Å²) in [6, 6.07) is 1.31. The third-order valence-corrected chi connectivity index (χ3v) is 4.75. The molecule has 1 N–H and O–H groups in total. The zero-order chi connectivity index (χ0) is 13.9. The van der Waals surface area contributed by atoms with Gasteiger partial charge in [-0.15, -0.1) is 0 Å². The average Bonchev–Trinajstić information content (AvgIpc) is 3.28. The highest BCUT2D eigenvalue weighted by Crippen LogP contribution is 2.37.